The Labute approximate surface area is 143 Å². The third-order valence-electron chi connectivity index (χ3n) is 3.05. The number of carbonyl (C=O) groups is 2. The van der Waals surface area contributed by atoms with Crippen LogP contribution < -0.4 is 10.1 Å². The van der Waals surface area contributed by atoms with E-state index in [1.807, 2.05) is 0 Å². The van der Waals surface area contributed by atoms with Gasteiger partial charge in [-0.05, 0) is 30.3 Å². The highest BCUT2D eigenvalue weighted by Crippen LogP contribution is 2.31. The highest BCUT2D eigenvalue weighted by atomic mass is 35.5. The largest absolute Gasteiger partial charge is 0.496 e. The summed E-state index contributed by atoms with van der Waals surface area (Å²) >= 11 is 11.9. The maximum atomic E-state index is 12.2. The number of hydrogen-bond acceptors (Lipinski definition) is 4. The van der Waals surface area contributed by atoms with Gasteiger partial charge in [0.2, 0.25) is 0 Å². The number of hydrogen-bond donors (Lipinski definition) is 1. The second kappa shape index (κ2) is 7.35. The topological polar surface area (TPSA) is 64.6 Å². The lowest BCUT2D eigenvalue weighted by atomic mass is 10.1. The van der Waals surface area contributed by atoms with Crippen molar-refractivity contribution in [1.82, 2.24) is 0 Å². The molecule has 23 heavy (non-hydrogen) atoms. The van der Waals surface area contributed by atoms with Gasteiger partial charge < -0.3 is 14.8 Å². The standard InChI is InChI=1S/C16H13Cl2NO4/c1-22-14-8-13(12(18)7-11(14)16(21)23-2)19-15(20)9-3-5-10(17)6-4-9/h3-8H,1-2H3,(H,19,20). The molecule has 0 aliphatic heterocycles. The summed E-state index contributed by atoms with van der Waals surface area (Å²) in [4.78, 5) is 23.9. The maximum absolute atomic E-state index is 12.2. The Morgan fingerprint density at radius 2 is 1.70 bits per heavy atom. The average molecular weight is 354 g/mol. The number of amides is 1. The summed E-state index contributed by atoms with van der Waals surface area (Å²) in [6.45, 7) is 0. The van der Waals surface area contributed by atoms with Crippen LogP contribution in [0.1, 0.15) is 20.7 Å². The quantitative estimate of drug-likeness (QED) is 0.842. The van der Waals surface area contributed by atoms with Crippen molar-refractivity contribution in [3.63, 3.8) is 0 Å². The van der Waals surface area contributed by atoms with E-state index in [1.54, 1.807) is 24.3 Å². The van der Waals surface area contributed by atoms with E-state index < -0.39 is 5.97 Å². The van der Waals surface area contributed by atoms with Gasteiger partial charge >= 0.3 is 5.97 Å². The summed E-state index contributed by atoms with van der Waals surface area (Å²) in [6.07, 6.45) is 0. The summed E-state index contributed by atoms with van der Waals surface area (Å²) in [5, 5.41) is 3.38. The van der Waals surface area contributed by atoms with Gasteiger partial charge in [-0.15, -0.1) is 0 Å². The lowest BCUT2D eigenvalue weighted by molar-refractivity contribution is 0.0597. The third-order valence-corrected chi connectivity index (χ3v) is 3.61. The zero-order valence-corrected chi connectivity index (χ0v) is 13.9. The van der Waals surface area contributed by atoms with Crippen molar-refractivity contribution >= 4 is 40.8 Å². The molecule has 0 saturated heterocycles. The van der Waals surface area contributed by atoms with Gasteiger partial charge in [-0.3, -0.25) is 4.79 Å². The van der Waals surface area contributed by atoms with E-state index in [-0.39, 0.29) is 22.2 Å². The maximum Gasteiger partial charge on any atom is 0.341 e. The van der Waals surface area contributed by atoms with E-state index in [9.17, 15) is 9.59 Å². The van der Waals surface area contributed by atoms with Crippen LogP contribution in [0.15, 0.2) is 36.4 Å². The van der Waals surface area contributed by atoms with E-state index in [0.29, 0.717) is 16.3 Å². The number of halogens is 2. The molecule has 120 valence electrons. The molecule has 0 aliphatic carbocycles. The molecule has 5 nitrogen and oxygen atoms in total. The van der Waals surface area contributed by atoms with Crippen LogP contribution in [0.3, 0.4) is 0 Å². The molecular weight excluding hydrogens is 341 g/mol. The van der Waals surface area contributed by atoms with Crippen molar-refractivity contribution in [2.45, 2.75) is 0 Å². The Morgan fingerprint density at radius 1 is 1.04 bits per heavy atom. The molecule has 0 atom stereocenters. The molecule has 2 aromatic rings. The zero-order chi connectivity index (χ0) is 17.0. The smallest absolute Gasteiger partial charge is 0.341 e. The highest BCUT2D eigenvalue weighted by Gasteiger charge is 2.17. The summed E-state index contributed by atoms with van der Waals surface area (Å²) in [6, 6.07) is 9.24. The van der Waals surface area contributed by atoms with Crippen LogP contribution in [0.4, 0.5) is 5.69 Å². The molecule has 0 unspecified atom stereocenters. The van der Waals surface area contributed by atoms with Gasteiger partial charge in [0.15, 0.2) is 0 Å². The first kappa shape index (κ1) is 17.1. The monoisotopic (exact) mass is 353 g/mol. The fourth-order valence-corrected chi connectivity index (χ4v) is 2.22. The predicted molar refractivity (Wildman–Crippen MR) is 88.7 cm³/mol. The van der Waals surface area contributed by atoms with Gasteiger partial charge in [0.1, 0.15) is 11.3 Å². The van der Waals surface area contributed by atoms with Crippen molar-refractivity contribution in [2.24, 2.45) is 0 Å². The molecular formula is C16H13Cl2NO4. The molecule has 0 bridgehead atoms. The Balaban J connectivity index is 2.31. The van der Waals surface area contributed by atoms with Crippen LogP contribution >= 0.6 is 23.2 Å². The number of carbonyl (C=O) groups excluding carboxylic acids is 2. The summed E-state index contributed by atoms with van der Waals surface area (Å²) in [7, 11) is 2.66. The van der Waals surface area contributed by atoms with Crippen molar-refractivity contribution in [3.05, 3.63) is 57.6 Å². The third kappa shape index (κ3) is 3.94. The molecule has 2 aromatic carbocycles. The van der Waals surface area contributed by atoms with Crippen LogP contribution in [-0.2, 0) is 4.74 Å². The van der Waals surface area contributed by atoms with Crippen molar-refractivity contribution < 1.29 is 19.1 Å². The normalized spacial score (nSPS) is 10.1. The second-order valence-electron chi connectivity index (χ2n) is 4.48. The van der Waals surface area contributed by atoms with Crippen LogP contribution in [0.25, 0.3) is 0 Å². The molecule has 0 spiro atoms. The molecule has 0 heterocycles. The molecule has 0 aromatic heterocycles. The number of rotatable bonds is 4. The lowest BCUT2D eigenvalue weighted by Gasteiger charge is -2.12. The number of esters is 1. The van der Waals surface area contributed by atoms with E-state index in [4.69, 9.17) is 27.9 Å². The molecule has 2 rings (SSSR count). The van der Waals surface area contributed by atoms with Crippen molar-refractivity contribution in [1.29, 1.82) is 0 Å². The fourth-order valence-electron chi connectivity index (χ4n) is 1.88. The predicted octanol–water partition coefficient (Wildman–Crippen LogP) is 4.04. The minimum Gasteiger partial charge on any atom is -0.496 e. The Kier molecular flexibility index (Phi) is 5.47. The first-order valence-electron chi connectivity index (χ1n) is 6.49. The van der Waals surface area contributed by atoms with Gasteiger partial charge in [0.05, 0.1) is 24.9 Å². The highest BCUT2D eigenvalue weighted by molar-refractivity contribution is 6.34. The van der Waals surface area contributed by atoms with Crippen LogP contribution in [-0.4, -0.2) is 26.1 Å². The summed E-state index contributed by atoms with van der Waals surface area (Å²) < 4.78 is 9.80. The second-order valence-corrected chi connectivity index (χ2v) is 5.33. The number of nitrogens with one attached hydrogen (secondary N) is 1. The molecule has 1 amide bonds. The van der Waals surface area contributed by atoms with Gasteiger partial charge in [-0.1, -0.05) is 23.2 Å². The molecule has 0 radical (unpaired) electrons. The Morgan fingerprint density at radius 3 is 2.26 bits per heavy atom. The summed E-state index contributed by atoms with van der Waals surface area (Å²) in [5.41, 5.74) is 0.905. The summed E-state index contributed by atoms with van der Waals surface area (Å²) in [5.74, 6) is -0.705. The number of anilines is 1. The van der Waals surface area contributed by atoms with E-state index >= 15 is 0 Å². The SMILES string of the molecule is COC(=O)c1cc(Cl)c(NC(=O)c2ccc(Cl)cc2)cc1OC. The molecule has 7 heteroatoms. The first-order valence-corrected chi connectivity index (χ1v) is 7.24. The Bertz CT molecular complexity index is 744. The number of ether oxygens (including phenoxy) is 2. The van der Waals surface area contributed by atoms with Gasteiger partial charge in [-0.2, -0.15) is 0 Å². The number of methoxy groups -OCH3 is 2. The minimum atomic E-state index is -0.584. The van der Waals surface area contributed by atoms with Gasteiger partial charge in [0, 0.05) is 16.7 Å². The average Bonchev–Trinajstić information content (AvgIpc) is 2.56. The zero-order valence-electron chi connectivity index (χ0n) is 12.4. The fraction of sp³-hybridized carbons (Fsp3) is 0.125. The van der Waals surface area contributed by atoms with Crippen LogP contribution in [0.5, 0.6) is 5.75 Å². The minimum absolute atomic E-state index is 0.171. The van der Waals surface area contributed by atoms with Crippen molar-refractivity contribution in [2.75, 3.05) is 19.5 Å². The van der Waals surface area contributed by atoms with E-state index in [2.05, 4.69) is 10.1 Å². The molecule has 0 saturated carbocycles. The lowest BCUT2D eigenvalue weighted by Crippen LogP contribution is -2.13. The molecule has 0 fully saturated rings. The van der Waals surface area contributed by atoms with Gasteiger partial charge in [-0.25, -0.2) is 4.79 Å². The number of benzene rings is 2. The molecule has 1 N–H and O–H groups in total. The Hall–Kier alpha value is -2.24. The first-order chi connectivity index (χ1) is 11.0. The van der Waals surface area contributed by atoms with Crippen LogP contribution in [0, 0.1) is 0 Å². The van der Waals surface area contributed by atoms with Crippen LogP contribution in [0.2, 0.25) is 10.0 Å². The van der Waals surface area contributed by atoms with E-state index in [1.165, 1.54) is 26.4 Å². The van der Waals surface area contributed by atoms with Gasteiger partial charge in [0.25, 0.3) is 5.91 Å². The van der Waals surface area contributed by atoms with E-state index in [0.717, 1.165) is 0 Å². The molecule has 0 aliphatic rings. The van der Waals surface area contributed by atoms with Crippen molar-refractivity contribution in [3.8, 4) is 5.75 Å².